The minimum Gasteiger partial charge on any atom is -0.223 e. The maximum atomic E-state index is 12.7. The first-order chi connectivity index (χ1) is 10.8. The Labute approximate surface area is 141 Å². The van der Waals surface area contributed by atoms with Gasteiger partial charge in [0.25, 0.3) is 0 Å². The normalized spacial score (nSPS) is 13.5. The van der Waals surface area contributed by atoms with E-state index in [0.29, 0.717) is 11.3 Å². The van der Waals surface area contributed by atoms with E-state index in [9.17, 15) is 8.42 Å². The third kappa shape index (κ3) is 6.19. The number of aryl methyl sites for hydroxylation is 1. The summed E-state index contributed by atoms with van der Waals surface area (Å²) < 4.78 is 25.4. The second kappa shape index (κ2) is 8.88. The van der Waals surface area contributed by atoms with Gasteiger partial charge in [-0.3, -0.25) is 0 Å². The zero-order chi connectivity index (χ0) is 17.5. The molecule has 1 rings (SSSR count). The molecule has 0 N–H and O–H groups in total. The highest BCUT2D eigenvalue weighted by molar-refractivity contribution is 7.92. The standard InChI is InChI=1S/C20H28O2S/c1-6-19(13-10-17(4)9-7-8-16(2)3)23(21,22)20-14-11-18(5)12-15-20/h6,8,10-12,14-15,19H,1,7,9,13H2,2-5H3/b17-10+. The van der Waals surface area contributed by atoms with Crippen LogP contribution in [0.5, 0.6) is 0 Å². The van der Waals surface area contributed by atoms with Crippen LogP contribution >= 0.6 is 0 Å². The topological polar surface area (TPSA) is 34.1 Å². The van der Waals surface area contributed by atoms with Crippen molar-refractivity contribution in [1.82, 2.24) is 0 Å². The predicted molar refractivity (Wildman–Crippen MR) is 99.4 cm³/mol. The fourth-order valence-electron chi connectivity index (χ4n) is 2.26. The molecule has 1 unspecified atom stereocenters. The lowest BCUT2D eigenvalue weighted by Crippen LogP contribution is -2.18. The summed E-state index contributed by atoms with van der Waals surface area (Å²) in [6.45, 7) is 11.9. The second-order valence-corrected chi connectivity index (χ2v) is 8.41. The van der Waals surface area contributed by atoms with Crippen molar-refractivity contribution < 1.29 is 8.42 Å². The molecule has 23 heavy (non-hydrogen) atoms. The Morgan fingerprint density at radius 2 is 1.74 bits per heavy atom. The lowest BCUT2D eigenvalue weighted by atomic mass is 10.1. The number of sulfone groups is 1. The number of hydrogen-bond donors (Lipinski definition) is 0. The molecule has 0 fully saturated rings. The van der Waals surface area contributed by atoms with E-state index in [1.165, 1.54) is 17.2 Å². The van der Waals surface area contributed by atoms with Gasteiger partial charge < -0.3 is 0 Å². The summed E-state index contributed by atoms with van der Waals surface area (Å²) >= 11 is 0. The van der Waals surface area contributed by atoms with Crippen LogP contribution < -0.4 is 0 Å². The van der Waals surface area contributed by atoms with Gasteiger partial charge in [-0.1, -0.05) is 47.1 Å². The van der Waals surface area contributed by atoms with Gasteiger partial charge in [0.1, 0.15) is 0 Å². The van der Waals surface area contributed by atoms with Gasteiger partial charge in [-0.05, 0) is 59.1 Å². The van der Waals surface area contributed by atoms with Crippen molar-refractivity contribution in [2.24, 2.45) is 0 Å². The van der Waals surface area contributed by atoms with Crippen LogP contribution in [0.3, 0.4) is 0 Å². The molecular formula is C20H28O2S. The molecule has 0 amide bonds. The number of benzene rings is 1. The molecule has 3 heteroatoms. The van der Waals surface area contributed by atoms with E-state index in [1.54, 1.807) is 12.1 Å². The molecule has 0 spiro atoms. The Kier molecular flexibility index (Phi) is 7.50. The van der Waals surface area contributed by atoms with Crippen molar-refractivity contribution in [2.45, 2.75) is 57.1 Å². The highest BCUT2D eigenvalue weighted by Crippen LogP contribution is 2.21. The zero-order valence-corrected chi connectivity index (χ0v) is 15.5. The van der Waals surface area contributed by atoms with Crippen molar-refractivity contribution in [3.05, 3.63) is 65.8 Å². The van der Waals surface area contributed by atoms with E-state index in [0.717, 1.165) is 18.4 Å². The summed E-state index contributed by atoms with van der Waals surface area (Å²) in [5.41, 5.74) is 3.58. The Balaban J connectivity index is 2.81. The maximum absolute atomic E-state index is 12.7. The molecule has 126 valence electrons. The predicted octanol–water partition coefficient (Wildman–Crippen LogP) is 5.41. The first-order valence-corrected chi connectivity index (χ1v) is 9.54. The van der Waals surface area contributed by atoms with Gasteiger partial charge in [-0.15, -0.1) is 6.58 Å². The lowest BCUT2D eigenvalue weighted by Gasteiger charge is -2.13. The van der Waals surface area contributed by atoms with E-state index in [4.69, 9.17) is 0 Å². The third-order valence-corrected chi connectivity index (χ3v) is 5.91. The van der Waals surface area contributed by atoms with E-state index < -0.39 is 15.1 Å². The minimum absolute atomic E-state index is 0.364. The zero-order valence-electron chi connectivity index (χ0n) is 14.7. The van der Waals surface area contributed by atoms with Crippen molar-refractivity contribution in [3.63, 3.8) is 0 Å². The molecule has 1 aromatic rings. The Morgan fingerprint density at radius 1 is 1.13 bits per heavy atom. The molecule has 0 heterocycles. The molecule has 0 aliphatic rings. The number of hydrogen-bond acceptors (Lipinski definition) is 2. The quantitative estimate of drug-likeness (QED) is 0.597. The highest BCUT2D eigenvalue weighted by atomic mass is 32.2. The molecule has 0 aliphatic heterocycles. The van der Waals surface area contributed by atoms with Crippen molar-refractivity contribution in [2.75, 3.05) is 0 Å². The fourth-order valence-corrected chi connectivity index (χ4v) is 3.73. The van der Waals surface area contributed by atoms with Gasteiger partial charge in [0.15, 0.2) is 9.84 Å². The Morgan fingerprint density at radius 3 is 2.26 bits per heavy atom. The number of allylic oxidation sites excluding steroid dienone is 4. The molecule has 0 saturated carbocycles. The van der Waals surface area contributed by atoms with Gasteiger partial charge in [-0.25, -0.2) is 8.42 Å². The summed E-state index contributed by atoms with van der Waals surface area (Å²) in [6, 6.07) is 7.00. The molecule has 1 atom stereocenters. The summed E-state index contributed by atoms with van der Waals surface area (Å²) in [4.78, 5) is 0.364. The minimum atomic E-state index is -3.37. The van der Waals surface area contributed by atoms with Gasteiger partial charge in [0.05, 0.1) is 10.1 Å². The Bertz CT molecular complexity index is 673. The van der Waals surface area contributed by atoms with Crippen LogP contribution in [-0.4, -0.2) is 13.7 Å². The SMILES string of the molecule is C=CC(C/C=C(\C)CCC=C(C)C)S(=O)(=O)c1ccc(C)cc1. The molecular weight excluding hydrogens is 304 g/mol. The molecule has 1 aromatic carbocycles. The van der Waals surface area contributed by atoms with Crippen LogP contribution in [0.25, 0.3) is 0 Å². The van der Waals surface area contributed by atoms with Crippen molar-refractivity contribution >= 4 is 9.84 Å². The molecule has 2 nitrogen and oxygen atoms in total. The van der Waals surface area contributed by atoms with Crippen LogP contribution in [0.15, 0.2) is 65.1 Å². The molecule has 0 aromatic heterocycles. The second-order valence-electron chi connectivity index (χ2n) is 6.24. The van der Waals surface area contributed by atoms with Gasteiger partial charge >= 0.3 is 0 Å². The van der Waals surface area contributed by atoms with Gasteiger partial charge in [-0.2, -0.15) is 0 Å². The van der Waals surface area contributed by atoms with Crippen LogP contribution in [0.1, 0.15) is 45.6 Å². The van der Waals surface area contributed by atoms with Crippen LogP contribution in [-0.2, 0) is 9.84 Å². The van der Waals surface area contributed by atoms with E-state index in [-0.39, 0.29) is 0 Å². The molecule has 0 bridgehead atoms. The average molecular weight is 333 g/mol. The highest BCUT2D eigenvalue weighted by Gasteiger charge is 2.23. The van der Waals surface area contributed by atoms with Gasteiger partial charge in [0.2, 0.25) is 0 Å². The Hall–Kier alpha value is -1.61. The van der Waals surface area contributed by atoms with E-state index in [1.807, 2.05) is 25.1 Å². The van der Waals surface area contributed by atoms with Gasteiger partial charge in [0, 0.05) is 0 Å². The summed E-state index contributed by atoms with van der Waals surface area (Å²) in [5.74, 6) is 0. The summed E-state index contributed by atoms with van der Waals surface area (Å²) in [7, 11) is -3.37. The largest absolute Gasteiger partial charge is 0.223 e. The summed E-state index contributed by atoms with van der Waals surface area (Å²) in [6.07, 6.45) is 8.19. The van der Waals surface area contributed by atoms with Crippen LogP contribution in [0, 0.1) is 6.92 Å². The maximum Gasteiger partial charge on any atom is 0.185 e. The van der Waals surface area contributed by atoms with E-state index in [2.05, 4.69) is 33.4 Å². The van der Waals surface area contributed by atoms with E-state index >= 15 is 0 Å². The lowest BCUT2D eigenvalue weighted by molar-refractivity contribution is 0.588. The van der Waals surface area contributed by atoms with Crippen molar-refractivity contribution in [1.29, 1.82) is 0 Å². The number of rotatable bonds is 8. The summed E-state index contributed by atoms with van der Waals surface area (Å²) in [5, 5.41) is -0.580. The van der Waals surface area contributed by atoms with Crippen molar-refractivity contribution in [3.8, 4) is 0 Å². The average Bonchev–Trinajstić information content (AvgIpc) is 2.47. The molecule has 0 saturated heterocycles. The smallest absolute Gasteiger partial charge is 0.185 e. The first kappa shape index (κ1) is 19.4. The van der Waals surface area contributed by atoms with Crippen LogP contribution in [0.2, 0.25) is 0 Å². The third-order valence-electron chi connectivity index (χ3n) is 3.80. The first-order valence-electron chi connectivity index (χ1n) is 7.99. The fraction of sp³-hybridized carbons (Fsp3) is 0.400. The monoisotopic (exact) mass is 332 g/mol. The molecule has 0 aliphatic carbocycles. The van der Waals surface area contributed by atoms with Crippen LogP contribution in [0.4, 0.5) is 0 Å². The molecule has 0 radical (unpaired) electrons.